The lowest BCUT2D eigenvalue weighted by atomic mass is 9.73. The molecular weight excluding hydrogens is 541 g/mol. The van der Waals surface area contributed by atoms with Gasteiger partial charge in [0.2, 0.25) is 0 Å². The van der Waals surface area contributed by atoms with Gasteiger partial charge in [-0.1, -0.05) is 117 Å². The van der Waals surface area contributed by atoms with Gasteiger partial charge < -0.3 is 4.90 Å². The van der Waals surface area contributed by atoms with E-state index in [1.807, 2.05) is 0 Å². The van der Waals surface area contributed by atoms with Gasteiger partial charge >= 0.3 is 6.18 Å². The molecule has 1 fully saturated rings. The molecule has 43 heavy (non-hydrogen) atoms. The molecule has 1 unspecified atom stereocenters. The molecular formula is C38H41F3N2. The number of hydrogen-bond donors (Lipinski definition) is 0. The monoisotopic (exact) mass is 582 g/mol. The second-order valence-corrected chi connectivity index (χ2v) is 12.0. The Hall–Kier alpha value is -3.62. The van der Waals surface area contributed by atoms with E-state index < -0.39 is 17.2 Å². The van der Waals surface area contributed by atoms with Crippen LogP contribution in [0.1, 0.15) is 98.1 Å². The van der Waals surface area contributed by atoms with Gasteiger partial charge in [-0.15, -0.1) is 0 Å². The highest BCUT2D eigenvalue weighted by Gasteiger charge is 2.36. The van der Waals surface area contributed by atoms with Crippen LogP contribution in [0.3, 0.4) is 0 Å². The average molecular weight is 583 g/mol. The zero-order valence-electron chi connectivity index (χ0n) is 25.1. The molecule has 1 atom stereocenters. The first kappa shape index (κ1) is 30.8. The molecule has 0 N–H and O–H groups in total. The van der Waals surface area contributed by atoms with E-state index in [2.05, 4.69) is 78.6 Å². The number of alkyl halides is 3. The Balaban J connectivity index is 1.30. The van der Waals surface area contributed by atoms with Crippen LogP contribution in [0, 0.1) is 11.3 Å². The van der Waals surface area contributed by atoms with Crippen LogP contribution < -0.4 is 0 Å². The molecule has 5 heteroatoms. The van der Waals surface area contributed by atoms with E-state index in [9.17, 15) is 18.4 Å². The summed E-state index contributed by atoms with van der Waals surface area (Å²) in [5, 5.41) is 10.4. The lowest BCUT2D eigenvalue weighted by molar-refractivity contribution is -0.137. The molecule has 1 aliphatic heterocycles. The predicted molar refractivity (Wildman–Crippen MR) is 170 cm³/mol. The summed E-state index contributed by atoms with van der Waals surface area (Å²) >= 11 is 0. The summed E-state index contributed by atoms with van der Waals surface area (Å²) < 4.78 is 40.7. The third-order valence-electron chi connectivity index (χ3n) is 9.21. The lowest BCUT2D eigenvalue weighted by Gasteiger charge is -2.32. The molecule has 0 amide bonds. The van der Waals surface area contributed by atoms with Gasteiger partial charge in [-0.25, -0.2) is 0 Å². The first-order valence-electron chi connectivity index (χ1n) is 15.7. The largest absolute Gasteiger partial charge is 0.416 e. The number of piperidine rings is 1. The third kappa shape index (κ3) is 7.13. The van der Waals surface area contributed by atoms with Crippen molar-refractivity contribution in [2.24, 2.45) is 0 Å². The van der Waals surface area contributed by atoms with E-state index in [-0.39, 0.29) is 0 Å². The van der Waals surface area contributed by atoms with Crippen LogP contribution >= 0.6 is 0 Å². The highest BCUT2D eigenvalue weighted by molar-refractivity contribution is 5.94. The quantitative estimate of drug-likeness (QED) is 0.174. The molecule has 0 bridgehead atoms. The van der Waals surface area contributed by atoms with Crippen LogP contribution in [0.25, 0.3) is 17.7 Å². The highest BCUT2D eigenvalue weighted by Crippen LogP contribution is 2.40. The minimum atomic E-state index is -4.42. The molecule has 1 saturated heterocycles. The first-order valence-corrected chi connectivity index (χ1v) is 15.7. The lowest BCUT2D eigenvalue weighted by Crippen LogP contribution is -2.33. The summed E-state index contributed by atoms with van der Waals surface area (Å²) in [4.78, 5) is 2.46. The summed E-state index contributed by atoms with van der Waals surface area (Å²) in [5.41, 5.74) is 6.82. The Bertz CT molecular complexity index is 1450. The van der Waals surface area contributed by atoms with Crippen molar-refractivity contribution < 1.29 is 13.2 Å². The highest BCUT2D eigenvalue weighted by atomic mass is 19.4. The predicted octanol–water partition coefficient (Wildman–Crippen LogP) is 10.3. The summed E-state index contributed by atoms with van der Waals surface area (Å²) in [7, 11) is 0. The smallest absolute Gasteiger partial charge is 0.303 e. The van der Waals surface area contributed by atoms with Gasteiger partial charge in [0.15, 0.2) is 0 Å². The number of nitrogens with zero attached hydrogens (tertiary/aromatic N) is 2. The van der Waals surface area contributed by atoms with Crippen molar-refractivity contribution in [2.75, 3.05) is 19.6 Å². The zero-order chi connectivity index (χ0) is 30.3. The Kier molecular flexibility index (Phi) is 9.88. The maximum absolute atomic E-state index is 13.6. The first-order chi connectivity index (χ1) is 20.8. The van der Waals surface area contributed by atoms with Crippen molar-refractivity contribution in [1.82, 2.24) is 4.90 Å². The maximum atomic E-state index is 13.6. The Labute approximate surface area is 254 Å². The van der Waals surface area contributed by atoms with E-state index in [4.69, 9.17) is 0 Å². The van der Waals surface area contributed by atoms with Gasteiger partial charge in [0.25, 0.3) is 0 Å². The Morgan fingerprint density at radius 1 is 0.744 bits per heavy atom. The summed E-state index contributed by atoms with van der Waals surface area (Å²) in [5.74, 6) is 0. The van der Waals surface area contributed by atoms with Crippen LogP contribution in [0.15, 0.2) is 78.4 Å². The number of nitriles is 1. The van der Waals surface area contributed by atoms with Crippen molar-refractivity contribution in [3.63, 3.8) is 0 Å². The standard InChI is InChI=1S/C38H41F3N2/c1-2-3-4-9-22-37(28-42,32-14-10-15-33(27-32)38(39,40)41)23-11-24-43-25-20-31(21-26-43)36-34-16-7-5-12-29(34)18-19-30-13-6-8-17-35(30)36/h5-8,10,12-19,27H,2-4,9,11,20-26H2,1H3. The fraction of sp³-hybridized carbons (Fsp3) is 0.395. The molecule has 1 heterocycles. The molecule has 2 nitrogen and oxygen atoms in total. The van der Waals surface area contributed by atoms with E-state index in [0.717, 1.165) is 70.6 Å². The van der Waals surface area contributed by atoms with Crippen LogP contribution in [0.5, 0.6) is 0 Å². The van der Waals surface area contributed by atoms with E-state index in [1.54, 1.807) is 6.07 Å². The van der Waals surface area contributed by atoms with Crippen LogP contribution in [0.2, 0.25) is 0 Å². The number of halogens is 3. The third-order valence-corrected chi connectivity index (χ3v) is 9.21. The van der Waals surface area contributed by atoms with Gasteiger partial charge in [-0.3, -0.25) is 0 Å². The second kappa shape index (κ2) is 13.8. The topological polar surface area (TPSA) is 27.0 Å². The van der Waals surface area contributed by atoms with Crippen molar-refractivity contribution in [1.29, 1.82) is 5.26 Å². The number of rotatable bonds is 10. The molecule has 0 saturated carbocycles. The number of fused-ring (bicyclic) bond motifs is 2. The Morgan fingerprint density at radius 2 is 1.35 bits per heavy atom. The maximum Gasteiger partial charge on any atom is 0.416 e. The second-order valence-electron chi connectivity index (χ2n) is 12.0. The molecule has 224 valence electrons. The molecule has 5 rings (SSSR count). The summed E-state index contributed by atoms with van der Waals surface area (Å²) in [6.07, 6.45) is 7.87. The van der Waals surface area contributed by atoms with Crippen molar-refractivity contribution >= 4 is 17.7 Å². The molecule has 0 radical (unpaired) electrons. The summed E-state index contributed by atoms with van der Waals surface area (Å²) in [6.45, 7) is 4.86. The molecule has 2 aliphatic rings. The average Bonchev–Trinajstić information content (AvgIpc) is 3.19. The van der Waals surface area contributed by atoms with Crippen LogP contribution in [0.4, 0.5) is 13.2 Å². The van der Waals surface area contributed by atoms with E-state index in [1.165, 1.54) is 45.5 Å². The summed E-state index contributed by atoms with van der Waals surface area (Å²) in [6, 6.07) is 25.2. The molecule has 0 aromatic heterocycles. The van der Waals surface area contributed by atoms with Gasteiger partial charge in [-0.05, 0) is 78.1 Å². The van der Waals surface area contributed by atoms with Crippen LogP contribution in [-0.4, -0.2) is 24.5 Å². The SMILES string of the molecule is CCCCCCC(C#N)(CCCN1CCC(=C2c3ccccc3C=Cc3ccccc32)CC1)c1cccc(C(F)(F)F)c1. The number of likely N-dealkylation sites (tertiary alicyclic amines) is 1. The minimum Gasteiger partial charge on any atom is -0.303 e. The molecule has 3 aromatic carbocycles. The normalized spacial score (nSPS) is 16.6. The van der Waals surface area contributed by atoms with Crippen molar-refractivity contribution in [2.45, 2.75) is 76.3 Å². The van der Waals surface area contributed by atoms with Gasteiger partial charge in [-0.2, -0.15) is 18.4 Å². The van der Waals surface area contributed by atoms with Gasteiger partial charge in [0.1, 0.15) is 0 Å². The molecule has 3 aromatic rings. The fourth-order valence-corrected chi connectivity index (χ4v) is 6.78. The molecule has 1 aliphatic carbocycles. The fourth-order valence-electron chi connectivity index (χ4n) is 6.78. The number of benzene rings is 3. The van der Waals surface area contributed by atoms with E-state index in [0.29, 0.717) is 18.4 Å². The minimum absolute atomic E-state index is 0.506. The van der Waals surface area contributed by atoms with Gasteiger partial charge in [0.05, 0.1) is 17.0 Å². The van der Waals surface area contributed by atoms with Crippen molar-refractivity contribution in [3.8, 4) is 6.07 Å². The zero-order valence-corrected chi connectivity index (χ0v) is 25.1. The number of hydrogen-bond acceptors (Lipinski definition) is 2. The van der Waals surface area contributed by atoms with Gasteiger partial charge in [0, 0.05) is 13.1 Å². The number of unbranched alkanes of at least 4 members (excludes halogenated alkanes) is 3. The van der Waals surface area contributed by atoms with Crippen molar-refractivity contribution in [3.05, 3.63) is 112 Å². The molecule has 0 spiro atoms. The van der Waals surface area contributed by atoms with Crippen LogP contribution in [-0.2, 0) is 11.6 Å². The van der Waals surface area contributed by atoms with E-state index >= 15 is 0 Å². The Morgan fingerprint density at radius 3 is 1.95 bits per heavy atom.